The summed E-state index contributed by atoms with van der Waals surface area (Å²) in [5, 5.41) is 7.37. The number of hydrogen-bond acceptors (Lipinski definition) is 5. The molecule has 0 spiro atoms. The average molecular weight is 458 g/mol. The molecule has 1 heterocycles. The molecule has 3 atom stereocenters. The second-order valence-electron chi connectivity index (χ2n) is 9.08. The number of hydrogen-bond donors (Lipinski definition) is 2. The van der Waals surface area contributed by atoms with Crippen molar-refractivity contribution in [2.45, 2.75) is 52.5 Å². The van der Waals surface area contributed by atoms with Gasteiger partial charge in [0.15, 0.2) is 5.82 Å². The Morgan fingerprint density at radius 1 is 1.34 bits per heavy atom. The first-order valence-electron chi connectivity index (χ1n) is 11.2. The largest absolute Gasteiger partial charge is 0.319 e. The first kappa shape index (κ1) is 24.2. The molecule has 2 aromatic rings. The molecule has 1 fully saturated rings. The topological polar surface area (TPSA) is 105 Å². The van der Waals surface area contributed by atoms with Crippen LogP contribution in [0, 0.1) is 11.8 Å². The summed E-state index contributed by atoms with van der Waals surface area (Å²) in [5.74, 6) is 2.38. The van der Waals surface area contributed by atoms with Crippen LogP contribution >= 0.6 is 0 Å². The highest BCUT2D eigenvalue weighted by Crippen LogP contribution is 2.39. The van der Waals surface area contributed by atoms with Gasteiger partial charge < -0.3 is 5.73 Å². The van der Waals surface area contributed by atoms with E-state index in [4.69, 9.17) is 5.73 Å². The fourth-order valence-corrected chi connectivity index (χ4v) is 4.66. The smallest absolute Gasteiger partial charge is 0.232 e. The summed E-state index contributed by atoms with van der Waals surface area (Å²) in [4.78, 5) is 4.66. The van der Waals surface area contributed by atoms with E-state index in [0.29, 0.717) is 48.6 Å². The van der Waals surface area contributed by atoms with Crippen LogP contribution in [0.4, 0.5) is 5.69 Å². The maximum absolute atomic E-state index is 12.5. The molecular weight excluding hydrogens is 422 g/mol. The van der Waals surface area contributed by atoms with Crippen molar-refractivity contribution in [3.8, 4) is 11.4 Å². The summed E-state index contributed by atoms with van der Waals surface area (Å²) in [6, 6.07) is 5.74. The third-order valence-electron chi connectivity index (χ3n) is 5.82. The van der Waals surface area contributed by atoms with E-state index in [1.54, 1.807) is 0 Å². The van der Waals surface area contributed by atoms with E-state index >= 15 is 0 Å². The third kappa shape index (κ3) is 5.86. The number of aromatic amines is 1. The van der Waals surface area contributed by atoms with Crippen LogP contribution in [-0.4, -0.2) is 36.4 Å². The van der Waals surface area contributed by atoms with Gasteiger partial charge in [-0.3, -0.25) is 9.40 Å². The second kappa shape index (κ2) is 9.58. The Morgan fingerprint density at radius 3 is 2.66 bits per heavy atom. The Bertz CT molecular complexity index is 1100. The van der Waals surface area contributed by atoms with Crippen LogP contribution in [0.3, 0.4) is 0 Å². The minimum Gasteiger partial charge on any atom is -0.319 e. The predicted molar refractivity (Wildman–Crippen MR) is 132 cm³/mol. The quantitative estimate of drug-likeness (QED) is 0.513. The zero-order chi connectivity index (χ0) is 23.5. The standard InChI is InChI=1S/C24H35N5O2S/c1-6-8-11-24(4,25)23-26-22(27-28-23)20-14-18(9-10-19-13-17(19)3)15-21(16-20)29(12-7-2)32(5,30)31/h6,8-10,14-17,19H,7,11-13,25H2,1-5H3,(H,26,27,28)/b8-6+,10-9-/t17?,19?,24-/m1/s1. The highest BCUT2D eigenvalue weighted by molar-refractivity contribution is 7.92. The molecule has 174 valence electrons. The molecule has 0 radical (unpaired) electrons. The molecule has 0 aliphatic heterocycles. The van der Waals surface area contributed by atoms with E-state index in [-0.39, 0.29) is 0 Å². The Morgan fingerprint density at radius 2 is 2.06 bits per heavy atom. The lowest BCUT2D eigenvalue weighted by molar-refractivity contribution is 0.470. The van der Waals surface area contributed by atoms with Crippen LogP contribution < -0.4 is 10.0 Å². The van der Waals surface area contributed by atoms with Gasteiger partial charge in [0.25, 0.3) is 0 Å². The molecule has 3 rings (SSSR count). The summed E-state index contributed by atoms with van der Waals surface area (Å²) in [5.41, 5.74) is 8.05. The second-order valence-corrected chi connectivity index (χ2v) is 11.0. The fraction of sp³-hybridized carbons (Fsp3) is 0.500. The van der Waals surface area contributed by atoms with Crippen LogP contribution in [0.5, 0.6) is 0 Å². The van der Waals surface area contributed by atoms with Gasteiger partial charge >= 0.3 is 0 Å². The maximum Gasteiger partial charge on any atom is 0.232 e. The fourth-order valence-electron chi connectivity index (χ4n) is 3.65. The summed E-state index contributed by atoms with van der Waals surface area (Å²) >= 11 is 0. The zero-order valence-electron chi connectivity index (χ0n) is 19.7. The number of anilines is 1. The number of rotatable bonds is 10. The van der Waals surface area contributed by atoms with Crippen molar-refractivity contribution in [2.24, 2.45) is 17.6 Å². The summed E-state index contributed by atoms with van der Waals surface area (Å²) in [6.07, 6.45) is 12.0. The van der Waals surface area contributed by atoms with E-state index in [2.05, 4.69) is 34.3 Å². The molecule has 1 saturated carbocycles. The summed E-state index contributed by atoms with van der Waals surface area (Å²) in [7, 11) is -3.42. The molecule has 0 amide bonds. The lowest BCUT2D eigenvalue weighted by Crippen LogP contribution is -2.33. The van der Waals surface area contributed by atoms with Crippen molar-refractivity contribution in [3.05, 3.63) is 47.8 Å². The van der Waals surface area contributed by atoms with Crippen molar-refractivity contribution in [1.29, 1.82) is 0 Å². The highest BCUT2D eigenvalue weighted by atomic mass is 32.2. The van der Waals surface area contributed by atoms with E-state index in [1.807, 2.05) is 51.1 Å². The molecule has 1 aromatic carbocycles. The molecule has 2 unspecified atom stereocenters. The molecule has 32 heavy (non-hydrogen) atoms. The van der Waals surface area contributed by atoms with E-state index in [1.165, 1.54) is 17.0 Å². The van der Waals surface area contributed by atoms with E-state index in [0.717, 1.165) is 11.1 Å². The van der Waals surface area contributed by atoms with Gasteiger partial charge in [-0.2, -0.15) is 5.10 Å². The van der Waals surface area contributed by atoms with Crippen LogP contribution in [0.2, 0.25) is 0 Å². The van der Waals surface area contributed by atoms with Crippen molar-refractivity contribution in [2.75, 3.05) is 17.1 Å². The highest BCUT2D eigenvalue weighted by Gasteiger charge is 2.29. The van der Waals surface area contributed by atoms with Gasteiger partial charge in [-0.1, -0.05) is 38.2 Å². The van der Waals surface area contributed by atoms with Gasteiger partial charge in [0.1, 0.15) is 5.82 Å². The number of nitrogens with two attached hydrogens (primary N) is 1. The van der Waals surface area contributed by atoms with E-state index in [9.17, 15) is 8.42 Å². The van der Waals surface area contributed by atoms with Crippen molar-refractivity contribution in [3.63, 3.8) is 0 Å². The Labute approximate surface area is 191 Å². The Balaban J connectivity index is 2.04. The van der Waals surface area contributed by atoms with Gasteiger partial charge in [-0.15, -0.1) is 0 Å². The summed E-state index contributed by atoms with van der Waals surface area (Å²) < 4.78 is 26.4. The Kier molecular flexibility index (Phi) is 7.25. The SMILES string of the molecule is C/C=C/C[C@@](C)(N)c1nc(-c2cc(/C=C\C3CC3C)cc(N(CCC)S(C)(=O)=O)c2)n[nH]1. The third-order valence-corrected chi connectivity index (χ3v) is 7.02. The van der Waals surface area contributed by atoms with Crippen molar-refractivity contribution < 1.29 is 8.42 Å². The van der Waals surface area contributed by atoms with Crippen molar-refractivity contribution >= 4 is 21.8 Å². The van der Waals surface area contributed by atoms with Crippen LogP contribution in [-0.2, 0) is 15.6 Å². The number of H-pyrrole nitrogens is 1. The van der Waals surface area contributed by atoms with Crippen molar-refractivity contribution in [1.82, 2.24) is 15.2 Å². The molecule has 1 aromatic heterocycles. The molecule has 0 saturated heterocycles. The number of sulfonamides is 1. The first-order chi connectivity index (χ1) is 15.0. The van der Waals surface area contributed by atoms with Gasteiger partial charge in [0, 0.05) is 12.1 Å². The lowest BCUT2D eigenvalue weighted by atomic mass is 9.98. The molecule has 7 nitrogen and oxygen atoms in total. The van der Waals surface area contributed by atoms with Gasteiger partial charge in [0.05, 0.1) is 17.5 Å². The minimum atomic E-state index is -3.42. The van der Waals surface area contributed by atoms with Crippen LogP contribution in [0.1, 0.15) is 58.3 Å². The predicted octanol–water partition coefficient (Wildman–Crippen LogP) is 4.46. The summed E-state index contributed by atoms with van der Waals surface area (Å²) in [6.45, 7) is 8.47. The normalized spacial score (nSPS) is 20.7. The molecule has 3 N–H and O–H groups in total. The number of allylic oxidation sites excluding steroid dienone is 2. The average Bonchev–Trinajstić information content (AvgIpc) is 3.21. The molecule has 1 aliphatic rings. The van der Waals surface area contributed by atoms with Gasteiger partial charge in [-0.25, -0.2) is 13.4 Å². The molecular formula is C24H35N5O2S. The number of nitrogens with zero attached hydrogens (tertiary/aromatic N) is 3. The van der Waals surface area contributed by atoms with Gasteiger partial charge in [0.2, 0.25) is 10.0 Å². The number of nitrogens with one attached hydrogen (secondary N) is 1. The molecule has 1 aliphatic carbocycles. The monoisotopic (exact) mass is 457 g/mol. The maximum atomic E-state index is 12.5. The molecule has 8 heteroatoms. The number of aromatic nitrogens is 3. The van der Waals surface area contributed by atoms with Crippen LogP contribution in [0.25, 0.3) is 17.5 Å². The Hall–Kier alpha value is -2.45. The van der Waals surface area contributed by atoms with Gasteiger partial charge in [-0.05, 0) is 68.7 Å². The zero-order valence-corrected chi connectivity index (χ0v) is 20.5. The number of benzene rings is 1. The lowest BCUT2D eigenvalue weighted by Gasteiger charge is -2.22. The first-order valence-corrected chi connectivity index (χ1v) is 13.0. The van der Waals surface area contributed by atoms with Crippen LogP contribution in [0.15, 0.2) is 36.4 Å². The minimum absolute atomic E-state index is 0.411. The molecule has 0 bridgehead atoms. The van der Waals surface area contributed by atoms with E-state index < -0.39 is 15.6 Å².